The first-order valence-corrected chi connectivity index (χ1v) is 8.80. The Bertz CT molecular complexity index is 913. The number of rotatable bonds is 3. The van der Waals surface area contributed by atoms with Gasteiger partial charge in [-0.2, -0.15) is 13.2 Å². The molecule has 2 aliphatic rings. The Morgan fingerprint density at radius 2 is 1.96 bits per heavy atom. The van der Waals surface area contributed by atoms with E-state index in [0.717, 1.165) is 23.3 Å². The van der Waals surface area contributed by atoms with Crippen molar-refractivity contribution in [1.29, 1.82) is 0 Å². The van der Waals surface area contributed by atoms with Crippen molar-refractivity contribution in [1.82, 2.24) is 4.90 Å². The molecule has 0 amide bonds. The zero-order valence-electron chi connectivity index (χ0n) is 14.8. The average molecular weight is 395 g/mol. The summed E-state index contributed by atoms with van der Waals surface area (Å²) in [6.45, 7) is 1.79. The second kappa shape index (κ2) is 7.18. The lowest BCUT2D eigenvalue weighted by Crippen LogP contribution is -2.37. The van der Waals surface area contributed by atoms with Gasteiger partial charge < -0.3 is 9.47 Å². The smallest absolute Gasteiger partial charge is 0.416 e. The highest BCUT2D eigenvalue weighted by Crippen LogP contribution is 2.32. The van der Waals surface area contributed by atoms with Crippen molar-refractivity contribution in [2.45, 2.75) is 25.4 Å². The molecule has 4 rings (SSSR count). The van der Waals surface area contributed by atoms with E-state index in [4.69, 9.17) is 9.47 Å². The minimum atomic E-state index is -4.59. The summed E-state index contributed by atoms with van der Waals surface area (Å²) >= 11 is 0. The molecule has 1 fully saturated rings. The van der Waals surface area contributed by atoms with Crippen LogP contribution in [0.25, 0.3) is 0 Å². The number of esters is 1. The SMILES string of the molecule is O=C1OCc2cc(C3CN(Cc4cc(F)cc(C(F)(F)F)c4)CCO3)ccc21. The maximum absolute atomic E-state index is 13.6. The minimum Gasteiger partial charge on any atom is -0.457 e. The molecule has 148 valence electrons. The molecule has 0 bridgehead atoms. The highest BCUT2D eigenvalue weighted by molar-refractivity contribution is 5.93. The molecule has 0 aromatic heterocycles. The van der Waals surface area contributed by atoms with E-state index < -0.39 is 17.6 Å². The van der Waals surface area contributed by atoms with Gasteiger partial charge in [0, 0.05) is 25.2 Å². The molecule has 2 aromatic rings. The van der Waals surface area contributed by atoms with Crippen molar-refractivity contribution in [3.63, 3.8) is 0 Å². The number of hydrogen-bond acceptors (Lipinski definition) is 4. The fraction of sp³-hybridized carbons (Fsp3) is 0.350. The summed E-state index contributed by atoms with van der Waals surface area (Å²) in [7, 11) is 0. The predicted molar refractivity (Wildman–Crippen MR) is 90.9 cm³/mol. The van der Waals surface area contributed by atoms with Crippen molar-refractivity contribution in [3.8, 4) is 0 Å². The average Bonchev–Trinajstić information content (AvgIpc) is 3.01. The van der Waals surface area contributed by atoms with Crippen LogP contribution in [0.1, 0.15) is 38.7 Å². The van der Waals surface area contributed by atoms with E-state index in [1.807, 2.05) is 11.0 Å². The Morgan fingerprint density at radius 3 is 2.75 bits per heavy atom. The number of carbonyl (C=O) groups excluding carboxylic acids is 1. The summed E-state index contributed by atoms with van der Waals surface area (Å²) in [6, 6.07) is 7.95. The van der Waals surface area contributed by atoms with Crippen molar-refractivity contribution in [3.05, 3.63) is 70.0 Å². The van der Waals surface area contributed by atoms with Crippen LogP contribution in [0.5, 0.6) is 0 Å². The molecule has 2 aromatic carbocycles. The van der Waals surface area contributed by atoms with Gasteiger partial charge >= 0.3 is 12.1 Å². The molecular formula is C20H17F4NO3. The number of ether oxygens (including phenoxy) is 2. The summed E-state index contributed by atoms with van der Waals surface area (Å²) in [4.78, 5) is 13.5. The van der Waals surface area contributed by atoms with Crippen LogP contribution in [-0.4, -0.2) is 30.6 Å². The molecule has 2 aliphatic heterocycles. The first-order valence-electron chi connectivity index (χ1n) is 8.80. The van der Waals surface area contributed by atoms with Crippen LogP contribution in [0.4, 0.5) is 17.6 Å². The molecule has 0 N–H and O–H groups in total. The minimum absolute atomic E-state index is 0.188. The zero-order chi connectivity index (χ0) is 19.9. The molecule has 1 atom stereocenters. The summed E-state index contributed by atoms with van der Waals surface area (Å²) in [5.74, 6) is -1.25. The number of morpholine rings is 1. The maximum atomic E-state index is 13.6. The fourth-order valence-electron chi connectivity index (χ4n) is 3.56. The van der Waals surface area contributed by atoms with Crippen LogP contribution in [0, 0.1) is 5.82 Å². The fourth-order valence-corrected chi connectivity index (χ4v) is 3.56. The molecule has 28 heavy (non-hydrogen) atoms. The van der Waals surface area contributed by atoms with Gasteiger partial charge in [-0.1, -0.05) is 6.07 Å². The van der Waals surface area contributed by atoms with Crippen LogP contribution < -0.4 is 0 Å². The molecule has 1 saturated heterocycles. The number of nitrogens with zero attached hydrogens (tertiary/aromatic N) is 1. The van der Waals surface area contributed by atoms with E-state index >= 15 is 0 Å². The Labute approximate surface area is 158 Å². The van der Waals surface area contributed by atoms with Gasteiger partial charge in [-0.05, 0) is 41.5 Å². The van der Waals surface area contributed by atoms with Gasteiger partial charge in [0.05, 0.1) is 23.8 Å². The van der Waals surface area contributed by atoms with Crippen LogP contribution >= 0.6 is 0 Å². The molecule has 1 unspecified atom stereocenters. The number of alkyl halides is 3. The predicted octanol–water partition coefficient (Wildman–Crippen LogP) is 4.09. The second-order valence-electron chi connectivity index (χ2n) is 6.93. The van der Waals surface area contributed by atoms with E-state index in [2.05, 4.69) is 0 Å². The Kier molecular flexibility index (Phi) is 4.84. The first-order chi connectivity index (χ1) is 13.3. The van der Waals surface area contributed by atoms with E-state index in [1.54, 1.807) is 12.1 Å². The Hall–Kier alpha value is -2.45. The summed E-state index contributed by atoms with van der Waals surface area (Å²) in [5, 5.41) is 0. The van der Waals surface area contributed by atoms with Gasteiger partial charge in [0.2, 0.25) is 0 Å². The third kappa shape index (κ3) is 3.88. The highest BCUT2D eigenvalue weighted by Gasteiger charge is 2.32. The summed E-state index contributed by atoms with van der Waals surface area (Å²) in [6.07, 6.45) is -4.88. The summed E-state index contributed by atoms with van der Waals surface area (Å²) in [5.41, 5.74) is 1.48. The van der Waals surface area contributed by atoms with Crippen molar-refractivity contribution < 1.29 is 31.8 Å². The Morgan fingerprint density at radius 1 is 1.14 bits per heavy atom. The molecule has 2 heterocycles. The molecule has 4 nitrogen and oxygen atoms in total. The zero-order valence-corrected chi connectivity index (χ0v) is 14.8. The summed E-state index contributed by atoms with van der Waals surface area (Å²) < 4.78 is 63.2. The molecular weight excluding hydrogens is 378 g/mol. The molecule has 0 saturated carbocycles. The third-order valence-corrected chi connectivity index (χ3v) is 4.92. The molecule has 0 aliphatic carbocycles. The van der Waals surface area contributed by atoms with Crippen LogP contribution in [-0.2, 0) is 28.8 Å². The quantitative estimate of drug-likeness (QED) is 0.580. The lowest BCUT2D eigenvalue weighted by molar-refractivity contribution is -0.137. The van der Waals surface area contributed by atoms with Gasteiger partial charge in [-0.25, -0.2) is 9.18 Å². The highest BCUT2D eigenvalue weighted by atomic mass is 19.4. The van der Waals surface area contributed by atoms with E-state index in [0.29, 0.717) is 31.3 Å². The standard InChI is InChI=1S/C20H17F4NO3/c21-16-6-12(5-15(8-16)20(22,23)24)9-25-3-4-27-18(10-25)13-1-2-17-14(7-13)11-28-19(17)26/h1-2,5-8,18H,3-4,9-11H2. The second-order valence-corrected chi connectivity index (χ2v) is 6.93. The topological polar surface area (TPSA) is 38.8 Å². The lowest BCUT2D eigenvalue weighted by atomic mass is 10.0. The third-order valence-electron chi connectivity index (χ3n) is 4.92. The number of cyclic esters (lactones) is 1. The number of benzene rings is 2. The maximum Gasteiger partial charge on any atom is 0.416 e. The van der Waals surface area contributed by atoms with Gasteiger partial charge in [0.1, 0.15) is 12.4 Å². The van der Waals surface area contributed by atoms with E-state index in [1.165, 1.54) is 0 Å². The van der Waals surface area contributed by atoms with Gasteiger partial charge in [-0.15, -0.1) is 0 Å². The lowest BCUT2D eigenvalue weighted by Gasteiger charge is -2.33. The van der Waals surface area contributed by atoms with E-state index in [9.17, 15) is 22.4 Å². The molecule has 0 spiro atoms. The molecule has 0 radical (unpaired) electrons. The van der Waals surface area contributed by atoms with E-state index in [-0.39, 0.29) is 30.8 Å². The van der Waals surface area contributed by atoms with Gasteiger partial charge in [0.15, 0.2) is 0 Å². The first kappa shape index (κ1) is 18.9. The normalized spacial score (nSPS) is 20.1. The van der Waals surface area contributed by atoms with Gasteiger partial charge in [-0.3, -0.25) is 4.90 Å². The monoisotopic (exact) mass is 395 g/mol. The Balaban J connectivity index is 1.49. The number of hydrogen-bond donors (Lipinski definition) is 0. The number of fused-ring (bicyclic) bond motifs is 1. The van der Waals surface area contributed by atoms with Crippen molar-refractivity contribution >= 4 is 5.97 Å². The number of carbonyl (C=O) groups is 1. The van der Waals surface area contributed by atoms with Crippen molar-refractivity contribution in [2.24, 2.45) is 0 Å². The van der Waals surface area contributed by atoms with Crippen LogP contribution in [0.2, 0.25) is 0 Å². The molecule has 8 heteroatoms. The largest absolute Gasteiger partial charge is 0.457 e. The van der Waals surface area contributed by atoms with Crippen molar-refractivity contribution in [2.75, 3.05) is 19.7 Å². The number of halogens is 4. The van der Waals surface area contributed by atoms with Gasteiger partial charge in [0.25, 0.3) is 0 Å². The van der Waals surface area contributed by atoms with Crippen LogP contribution in [0.3, 0.4) is 0 Å². The van der Waals surface area contributed by atoms with Crippen LogP contribution in [0.15, 0.2) is 36.4 Å².